The molecular weight excluding hydrogens is 299 g/mol. The molecule has 0 bridgehead atoms. The van der Waals surface area contributed by atoms with Crippen LogP contribution in [0.5, 0.6) is 0 Å². The first kappa shape index (κ1) is 15.4. The SMILES string of the molecule is O=C(NCCc1c(Cl)cccc1Cl)N1CCCC(O)C1. The lowest BCUT2D eigenvalue weighted by molar-refractivity contribution is 0.0843. The van der Waals surface area contributed by atoms with Crippen LogP contribution in [-0.2, 0) is 6.42 Å². The molecule has 1 saturated heterocycles. The summed E-state index contributed by atoms with van der Waals surface area (Å²) in [4.78, 5) is 13.6. The number of rotatable bonds is 3. The van der Waals surface area contributed by atoms with E-state index in [1.807, 2.05) is 0 Å². The third kappa shape index (κ3) is 4.01. The van der Waals surface area contributed by atoms with Crippen LogP contribution in [0.4, 0.5) is 4.79 Å². The summed E-state index contributed by atoms with van der Waals surface area (Å²) < 4.78 is 0. The van der Waals surface area contributed by atoms with Crippen molar-refractivity contribution in [2.75, 3.05) is 19.6 Å². The van der Waals surface area contributed by atoms with Crippen molar-refractivity contribution in [3.05, 3.63) is 33.8 Å². The van der Waals surface area contributed by atoms with Crippen molar-refractivity contribution in [1.82, 2.24) is 10.2 Å². The highest BCUT2D eigenvalue weighted by molar-refractivity contribution is 6.35. The van der Waals surface area contributed by atoms with Gasteiger partial charge in [-0.25, -0.2) is 4.79 Å². The molecule has 1 fully saturated rings. The summed E-state index contributed by atoms with van der Waals surface area (Å²) in [5, 5.41) is 13.6. The quantitative estimate of drug-likeness (QED) is 0.900. The Labute approximate surface area is 128 Å². The minimum Gasteiger partial charge on any atom is -0.391 e. The number of hydrogen-bond donors (Lipinski definition) is 2. The molecule has 0 saturated carbocycles. The number of piperidine rings is 1. The van der Waals surface area contributed by atoms with Gasteiger partial charge in [0, 0.05) is 29.7 Å². The van der Waals surface area contributed by atoms with Crippen molar-refractivity contribution >= 4 is 29.2 Å². The summed E-state index contributed by atoms with van der Waals surface area (Å²) in [6.07, 6.45) is 1.78. The van der Waals surface area contributed by atoms with Gasteiger partial charge in [0.25, 0.3) is 0 Å². The van der Waals surface area contributed by atoms with Crippen LogP contribution < -0.4 is 5.32 Å². The Morgan fingerprint density at radius 2 is 2.10 bits per heavy atom. The lowest BCUT2D eigenvalue weighted by Gasteiger charge is -2.30. The monoisotopic (exact) mass is 316 g/mol. The summed E-state index contributed by atoms with van der Waals surface area (Å²) in [7, 11) is 0. The van der Waals surface area contributed by atoms with Gasteiger partial charge in [-0.15, -0.1) is 0 Å². The van der Waals surface area contributed by atoms with Gasteiger partial charge in [-0.1, -0.05) is 29.3 Å². The van der Waals surface area contributed by atoms with Crippen molar-refractivity contribution < 1.29 is 9.90 Å². The number of aliphatic hydroxyl groups excluding tert-OH is 1. The van der Waals surface area contributed by atoms with Crippen LogP contribution >= 0.6 is 23.2 Å². The van der Waals surface area contributed by atoms with E-state index in [4.69, 9.17) is 23.2 Å². The number of benzene rings is 1. The van der Waals surface area contributed by atoms with Gasteiger partial charge in [0.05, 0.1) is 6.10 Å². The number of nitrogens with zero attached hydrogens (tertiary/aromatic N) is 1. The second-order valence-corrected chi connectivity index (χ2v) is 5.74. The molecule has 1 aromatic rings. The molecule has 1 aliphatic rings. The molecule has 1 aromatic carbocycles. The Kier molecular flexibility index (Phi) is 5.52. The number of carbonyl (C=O) groups is 1. The van der Waals surface area contributed by atoms with Crippen molar-refractivity contribution in [2.45, 2.75) is 25.4 Å². The summed E-state index contributed by atoms with van der Waals surface area (Å²) in [5.41, 5.74) is 0.842. The summed E-state index contributed by atoms with van der Waals surface area (Å²) in [6.45, 7) is 1.56. The smallest absolute Gasteiger partial charge is 0.317 e. The lowest BCUT2D eigenvalue weighted by atomic mass is 10.1. The third-order valence-corrected chi connectivity index (χ3v) is 4.10. The predicted octanol–water partition coefficient (Wildman–Crippen LogP) is 2.70. The van der Waals surface area contributed by atoms with E-state index in [1.165, 1.54) is 0 Å². The van der Waals surface area contributed by atoms with Gasteiger partial charge in [-0.05, 0) is 37.0 Å². The molecule has 20 heavy (non-hydrogen) atoms. The second kappa shape index (κ2) is 7.16. The van der Waals surface area contributed by atoms with E-state index in [-0.39, 0.29) is 6.03 Å². The first-order valence-electron chi connectivity index (χ1n) is 6.71. The zero-order valence-electron chi connectivity index (χ0n) is 11.1. The fourth-order valence-electron chi connectivity index (χ4n) is 2.32. The molecule has 2 amide bonds. The topological polar surface area (TPSA) is 52.6 Å². The minimum atomic E-state index is -0.410. The number of halogens is 2. The van der Waals surface area contributed by atoms with Gasteiger partial charge in [0.2, 0.25) is 0 Å². The maximum absolute atomic E-state index is 11.9. The molecule has 0 radical (unpaired) electrons. The molecular formula is C14H18Cl2N2O2. The Morgan fingerprint density at radius 3 is 2.75 bits per heavy atom. The molecule has 1 aliphatic heterocycles. The first-order chi connectivity index (χ1) is 9.58. The molecule has 110 valence electrons. The molecule has 0 aromatic heterocycles. The van der Waals surface area contributed by atoms with Crippen molar-refractivity contribution in [2.24, 2.45) is 0 Å². The number of amides is 2. The maximum Gasteiger partial charge on any atom is 0.317 e. The Hall–Kier alpha value is -0.970. The Morgan fingerprint density at radius 1 is 1.40 bits per heavy atom. The highest BCUT2D eigenvalue weighted by Crippen LogP contribution is 2.24. The van der Waals surface area contributed by atoms with E-state index in [0.29, 0.717) is 36.1 Å². The zero-order chi connectivity index (χ0) is 14.5. The molecule has 0 aliphatic carbocycles. The van der Waals surface area contributed by atoms with E-state index in [9.17, 15) is 9.90 Å². The van der Waals surface area contributed by atoms with Gasteiger partial charge >= 0.3 is 6.03 Å². The van der Waals surface area contributed by atoms with Crippen LogP contribution in [0.2, 0.25) is 10.0 Å². The summed E-state index contributed by atoms with van der Waals surface area (Å²) in [6, 6.07) is 5.21. The van der Waals surface area contributed by atoms with Crippen LogP contribution in [0.1, 0.15) is 18.4 Å². The van der Waals surface area contributed by atoms with E-state index in [1.54, 1.807) is 23.1 Å². The van der Waals surface area contributed by atoms with Gasteiger partial charge < -0.3 is 15.3 Å². The molecule has 1 heterocycles. The highest BCUT2D eigenvalue weighted by Gasteiger charge is 2.21. The van der Waals surface area contributed by atoms with Crippen LogP contribution in [0.3, 0.4) is 0 Å². The van der Waals surface area contributed by atoms with E-state index in [2.05, 4.69) is 5.32 Å². The maximum atomic E-state index is 11.9. The van der Waals surface area contributed by atoms with E-state index >= 15 is 0 Å². The largest absolute Gasteiger partial charge is 0.391 e. The fourth-order valence-corrected chi connectivity index (χ4v) is 2.90. The van der Waals surface area contributed by atoms with E-state index in [0.717, 1.165) is 18.4 Å². The van der Waals surface area contributed by atoms with Gasteiger partial charge in [0.15, 0.2) is 0 Å². The number of hydrogen-bond acceptors (Lipinski definition) is 2. The van der Waals surface area contributed by atoms with Crippen LogP contribution in [0.15, 0.2) is 18.2 Å². The fraction of sp³-hybridized carbons (Fsp3) is 0.500. The first-order valence-corrected chi connectivity index (χ1v) is 7.47. The Bertz CT molecular complexity index is 462. The minimum absolute atomic E-state index is 0.146. The molecule has 1 unspecified atom stereocenters. The standard InChI is InChI=1S/C14H18Cl2N2O2/c15-12-4-1-5-13(16)11(12)6-7-17-14(20)18-8-2-3-10(19)9-18/h1,4-5,10,19H,2-3,6-9H2,(H,17,20). The molecule has 6 heteroatoms. The number of carbonyl (C=O) groups excluding carboxylic acids is 1. The number of urea groups is 1. The van der Waals surface area contributed by atoms with Crippen LogP contribution in [0.25, 0.3) is 0 Å². The van der Waals surface area contributed by atoms with Crippen LogP contribution in [-0.4, -0.2) is 41.8 Å². The number of likely N-dealkylation sites (tertiary alicyclic amines) is 1. The number of β-amino-alcohol motifs (C(OH)–C–C–N with tert-alkyl or cyclic N) is 1. The lowest BCUT2D eigenvalue weighted by Crippen LogP contribution is -2.47. The molecule has 2 rings (SSSR count). The Balaban J connectivity index is 1.82. The van der Waals surface area contributed by atoms with Crippen molar-refractivity contribution in [3.63, 3.8) is 0 Å². The summed E-state index contributed by atoms with van der Waals surface area (Å²) >= 11 is 12.1. The molecule has 4 nitrogen and oxygen atoms in total. The van der Waals surface area contributed by atoms with Gasteiger partial charge in [-0.2, -0.15) is 0 Å². The normalized spacial score (nSPS) is 18.9. The van der Waals surface area contributed by atoms with Crippen molar-refractivity contribution in [3.8, 4) is 0 Å². The molecule has 2 N–H and O–H groups in total. The number of nitrogens with one attached hydrogen (secondary N) is 1. The predicted molar refractivity (Wildman–Crippen MR) is 80.4 cm³/mol. The average molecular weight is 317 g/mol. The number of aliphatic hydroxyl groups is 1. The zero-order valence-corrected chi connectivity index (χ0v) is 12.6. The van der Waals surface area contributed by atoms with Crippen LogP contribution in [0, 0.1) is 0 Å². The van der Waals surface area contributed by atoms with Gasteiger partial charge in [-0.3, -0.25) is 0 Å². The molecule has 1 atom stereocenters. The average Bonchev–Trinajstić information content (AvgIpc) is 2.42. The third-order valence-electron chi connectivity index (χ3n) is 3.40. The van der Waals surface area contributed by atoms with Crippen molar-refractivity contribution in [1.29, 1.82) is 0 Å². The second-order valence-electron chi connectivity index (χ2n) is 4.92. The molecule has 0 spiro atoms. The summed E-state index contributed by atoms with van der Waals surface area (Å²) in [5.74, 6) is 0. The van der Waals surface area contributed by atoms with E-state index < -0.39 is 6.10 Å². The highest BCUT2D eigenvalue weighted by atomic mass is 35.5. The van der Waals surface area contributed by atoms with Gasteiger partial charge in [0.1, 0.15) is 0 Å².